The molecule has 4 heteroatoms. The molecule has 0 N–H and O–H groups in total. The molecule has 0 aliphatic carbocycles. The molecule has 1 aromatic rings. The number of aryl methyl sites for hydroxylation is 2. The number of piperazine rings is 1. The van der Waals surface area contributed by atoms with Crippen LogP contribution in [0.4, 0.5) is 0 Å². The molecular formula is C19H28N2O2. The first-order chi connectivity index (χ1) is 10.7. The summed E-state index contributed by atoms with van der Waals surface area (Å²) in [4.78, 5) is 28.7. The summed E-state index contributed by atoms with van der Waals surface area (Å²) >= 11 is 0. The van der Waals surface area contributed by atoms with E-state index < -0.39 is 0 Å². The molecule has 1 fully saturated rings. The zero-order valence-electron chi connectivity index (χ0n) is 15.0. The molecular weight excluding hydrogens is 288 g/mol. The quantitative estimate of drug-likeness (QED) is 0.841. The van der Waals surface area contributed by atoms with E-state index in [4.69, 9.17) is 0 Å². The van der Waals surface area contributed by atoms with Gasteiger partial charge in [-0.3, -0.25) is 9.59 Å². The number of hydrogen-bond acceptors (Lipinski definition) is 2. The fourth-order valence-corrected chi connectivity index (χ4v) is 2.86. The maximum atomic E-state index is 12.7. The predicted octanol–water partition coefficient (Wildman–Crippen LogP) is 3.02. The van der Waals surface area contributed by atoms with Crippen molar-refractivity contribution < 1.29 is 9.59 Å². The molecule has 23 heavy (non-hydrogen) atoms. The Kier molecular flexibility index (Phi) is 5.12. The van der Waals surface area contributed by atoms with Gasteiger partial charge in [0.1, 0.15) is 0 Å². The monoisotopic (exact) mass is 316 g/mol. The van der Waals surface area contributed by atoms with Crippen LogP contribution in [0.2, 0.25) is 0 Å². The van der Waals surface area contributed by atoms with Gasteiger partial charge in [0.2, 0.25) is 5.91 Å². The summed E-state index contributed by atoms with van der Waals surface area (Å²) in [7, 11) is 0. The van der Waals surface area contributed by atoms with Gasteiger partial charge in [0.15, 0.2) is 0 Å². The van der Waals surface area contributed by atoms with Crippen LogP contribution >= 0.6 is 0 Å². The highest BCUT2D eigenvalue weighted by atomic mass is 16.2. The lowest BCUT2D eigenvalue weighted by Crippen LogP contribution is -2.51. The molecule has 0 aromatic heterocycles. The molecule has 1 aliphatic heterocycles. The van der Waals surface area contributed by atoms with Crippen LogP contribution in [0.1, 0.15) is 48.7 Å². The molecule has 0 saturated carbocycles. The second-order valence-electron chi connectivity index (χ2n) is 7.73. The van der Waals surface area contributed by atoms with Crippen molar-refractivity contribution in [1.29, 1.82) is 0 Å². The molecule has 4 nitrogen and oxygen atoms in total. The maximum absolute atomic E-state index is 12.7. The van der Waals surface area contributed by atoms with Crippen LogP contribution < -0.4 is 0 Å². The van der Waals surface area contributed by atoms with Gasteiger partial charge in [-0.25, -0.2) is 0 Å². The van der Waals surface area contributed by atoms with E-state index in [-0.39, 0.29) is 17.2 Å². The molecule has 2 rings (SSSR count). The minimum atomic E-state index is 0.00269. The number of nitrogens with zero attached hydrogens (tertiary/aromatic N) is 2. The van der Waals surface area contributed by atoms with E-state index in [0.29, 0.717) is 32.6 Å². The Balaban J connectivity index is 1.97. The van der Waals surface area contributed by atoms with Crippen LogP contribution in [-0.2, 0) is 4.79 Å². The Bertz CT molecular complexity index is 594. The number of hydrogen-bond donors (Lipinski definition) is 0. The zero-order valence-corrected chi connectivity index (χ0v) is 15.0. The van der Waals surface area contributed by atoms with Crippen LogP contribution in [0.15, 0.2) is 18.2 Å². The highest BCUT2D eigenvalue weighted by molar-refractivity contribution is 5.96. The Morgan fingerprint density at radius 3 is 2.13 bits per heavy atom. The van der Waals surface area contributed by atoms with Crippen LogP contribution in [-0.4, -0.2) is 47.8 Å². The lowest BCUT2D eigenvalue weighted by molar-refractivity contribution is -0.134. The van der Waals surface area contributed by atoms with Gasteiger partial charge in [0.05, 0.1) is 0 Å². The molecule has 1 heterocycles. The first-order valence-corrected chi connectivity index (χ1v) is 8.32. The van der Waals surface area contributed by atoms with Crippen molar-refractivity contribution in [3.8, 4) is 0 Å². The SMILES string of the molecule is Cc1ccc(C)c(C(=O)N2CCN(C(=O)CC(C)(C)C)CC2)c1. The minimum absolute atomic E-state index is 0.00269. The molecule has 0 unspecified atom stereocenters. The van der Waals surface area contributed by atoms with Crippen LogP contribution in [0.25, 0.3) is 0 Å². The molecule has 1 aliphatic rings. The number of amides is 2. The van der Waals surface area contributed by atoms with E-state index in [2.05, 4.69) is 20.8 Å². The molecule has 0 bridgehead atoms. The van der Waals surface area contributed by atoms with Crippen molar-refractivity contribution in [3.05, 3.63) is 34.9 Å². The Morgan fingerprint density at radius 2 is 1.57 bits per heavy atom. The molecule has 126 valence electrons. The average molecular weight is 316 g/mol. The van der Waals surface area contributed by atoms with Gasteiger partial charge in [-0.2, -0.15) is 0 Å². The molecule has 2 amide bonds. The molecule has 1 aromatic carbocycles. The summed E-state index contributed by atoms with van der Waals surface area (Å²) < 4.78 is 0. The fourth-order valence-electron chi connectivity index (χ4n) is 2.86. The van der Waals surface area contributed by atoms with E-state index in [1.165, 1.54) is 0 Å². The van der Waals surface area contributed by atoms with Crippen LogP contribution in [0, 0.1) is 19.3 Å². The van der Waals surface area contributed by atoms with Crippen molar-refractivity contribution in [2.75, 3.05) is 26.2 Å². The third kappa shape index (κ3) is 4.57. The second kappa shape index (κ2) is 6.73. The normalized spacial score (nSPS) is 15.7. The standard InChI is InChI=1S/C19H28N2O2/c1-14-6-7-15(2)16(12-14)18(23)21-10-8-20(9-11-21)17(22)13-19(3,4)5/h6-7,12H,8-11,13H2,1-5H3. The number of rotatable bonds is 2. The van der Waals surface area contributed by atoms with Gasteiger partial charge in [-0.05, 0) is 30.9 Å². The van der Waals surface area contributed by atoms with Gasteiger partial charge in [-0.15, -0.1) is 0 Å². The predicted molar refractivity (Wildman–Crippen MR) is 92.5 cm³/mol. The number of benzene rings is 1. The topological polar surface area (TPSA) is 40.6 Å². The Hall–Kier alpha value is -1.84. The third-order valence-corrected chi connectivity index (χ3v) is 4.22. The lowest BCUT2D eigenvalue weighted by atomic mass is 9.91. The fraction of sp³-hybridized carbons (Fsp3) is 0.579. The van der Waals surface area contributed by atoms with Gasteiger partial charge >= 0.3 is 0 Å². The molecule has 0 atom stereocenters. The first kappa shape index (κ1) is 17.5. The van der Waals surface area contributed by atoms with E-state index in [1.54, 1.807) is 0 Å². The minimum Gasteiger partial charge on any atom is -0.339 e. The summed E-state index contributed by atoms with van der Waals surface area (Å²) in [6, 6.07) is 5.97. The van der Waals surface area contributed by atoms with E-state index >= 15 is 0 Å². The summed E-state index contributed by atoms with van der Waals surface area (Å²) in [6.07, 6.45) is 0.554. The van der Waals surface area contributed by atoms with Crippen molar-refractivity contribution >= 4 is 11.8 Å². The summed E-state index contributed by atoms with van der Waals surface area (Å²) in [5, 5.41) is 0. The molecule has 0 radical (unpaired) electrons. The molecule has 1 saturated heterocycles. The van der Waals surface area contributed by atoms with Gasteiger partial charge in [-0.1, -0.05) is 38.5 Å². The first-order valence-electron chi connectivity index (χ1n) is 8.32. The van der Waals surface area contributed by atoms with Gasteiger partial charge < -0.3 is 9.80 Å². The van der Waals surface area contributed by atoms with Crippen LogP contribution in [0.3, 0.4) is 0 Å². The number of carbonyl (C=O) groups excluding carboxylic acids is 2. The second-order valence-corrected chi connectivity index (χ2v) is 7.73. The van der Waals surface area contributed by atoms with E-state index in [9.17, 15) is 9.59 Å². The van der Waals surface area contributed by atoms with E-state index in [0.717, 1.165) is 16.7 Å². The van der Waals surface area contributed by atoms with Crippen molar-refractivity contribution in [1.82, 2.24) is 9.80 Å². The average Bonchev–Trinajstić information content (AvgIpc) is 2.47. The Morgan fingerprint density at radius 1 is 1.00 bits per heavy atom. The Labute approximate surface area is 139 Å². The number of carbonyl (C=O) groups is 2. The summed E-state index contributed by atoms with van der Waals surface area (Å²) in [5.41, 5.74) is 2.88. The summed E-state index contributed by atoms with van der Waals surface area (Å²) in [6.45, 7) is 12.7. The van der Waals surface area contributed by atoms with Gasteiger partial charge in [0.25, 0.3) is 5.91 Å². The van der Waals surface area contributed by atoms with Crippen molar-refractivity contribution in [2.45, 2.75) is 41.0 Å². The highest BCUT2D eigenvalue weighted by Gasteiger charge is 2.27. The summed E-state index contributed by atoms with van der Waals surface area (Å²) in [5.74, 6) is 0.269. The van der Waals surface area contributed by atoms with Crippen LogP contribution in [0.5, 0.6) is 0 Å². The lowest BCUT2D eigenvalue weighted by Gasteiger charge is -2.36. The zero-order chi connectivity index (χ0) is 17.2. The van der Waals surface area contributed by atoms with Crippen molar-refractivity contribution in [2.24, 2.45) is 5.41 Å². The van der Waals surface area contributed by atoms with Crippen molar-refractivity contribution in [3.63, 3.8) is 0 Å². The van der Waals surface area contributed by atoms with E-state index in [1.807, 2.05) is 41.8 Å². The highest BCUT2D eigenvalue weighted by Crippen LogP contribution is 2.21. The largest absolute Gasteiger partial charge is 0.339 e. The smallest absolute Gasteiger partial charge is 0.254 e. The third-order valence-electron chi connectivity index (χ3n) is 4.22. The van der Waals surface area contributed by atoms with Gasteiger partial charge in [0, 0.05) is 38.2 Å². The molecule has 0 spiro atoms. The maximum Gasteiger partial charge on any atom is 0.254 e.